The van der Waals surface area contributed by atoms with E-state index in [0.29, 0.717) is 18.7 Å². The summed E-state index contributed by atoms with van der Waals surface area (Å²) in [6.45, 7) is 3.71. The summed E-state index contributed by atoms with van der Waals surface area (Å²) in [6, 6.07) is 12.3. The summed E-state index contributed by atoms with van der Waals surface area (Å²) in [4.78, 5) is 24.1. The van der Waals surface area contributed by atoms with Crippen LogP contribution in [-0.4, -0.2) is 51.0 Å². The molecule has 2 rings (SSSR count). The number of benzene rings is 2. The van der Waals surface area contributed by atoms with Crippen molar-refractivity contribution in [1.29, 1.82) is 0 Å². The minimum absolute atomic E-state index is 0.0481. The van der Waals surface area contributed by atoms with E-state index >= 15 is 0 Å². The van der Waals surface area contributed by atoms with Gasteiger partial charge in [0.1, 0.15) is 13.2 Å². The van der Waals surface area contributed by atoms with E-state index in [0.717, 1.165) is 0 Å². The van der Waals surface area contributed by atoms with Gasteiger partial charge in [-0.3, -0.25) is 0 Å². The Morgan fingerprint density at radius 2 is 1.52 bits per heavy atom. The molecular weight excluding hydrogens is 418 g/mol. The van der Waals surface area contributed by atoms with Crippen molar-refractivity contribution < 1.29 is 27.5 Å². The highest BCUT2D eigenvalue weighted by molar-refractivity contribution is 7.89. The van der Waals surface area contributed by atoms with Gasteiger partial charge in [0.15, 0.2) is 0 Å². The van der Waals surface area contributed by atoms with Crippen molar-refractivity contribution in [2.75, 3.05) is 26.3 Å². The van der Waals surface area contributed by atoms with Crippen molar-refractivity contribution in [2.24, 2.45) is 0 Å². The third kappa shape index (κ3) is 5.79. The average Bonchev–Trinajstić information content (AvgIpc) is 2.72. The summed E-state index contributed by atoms with van der Waals surface area (Å²) in [5.41, 5.74) is 0.311. The predicted molar refractivity (Wildman–Crippen MR) is 109 cm³/mol. The molecule has 0 aromatic heterocycles. The van der Waals surface area contributed by atoms with Gasteiger partial charge >= 0.3 is 11.9 Å². The third-order valence-electron chi connectivity index (χ3n) is 4.06. The molecule has 0 amide bonds. The minimum atomic E-state index is -3.74. The van der Waals surface area contributed by atoms with Crippen molar-refractivity contribution in [2.45, 2.75) is 18.7 Å². The first-order valence-electron chi connectivity index (χ1n) is 9.00. The Bertz CT molecular complexity index is 958. The van der Waals surface area contributed by atoms with Crippen LogP contribution in [0.25, 0.3) is 0 Å². The van der Waals surface area contributed by atoms with Crippen molar-refractivity contribution in [3.05, 3.63) is 64.7 Å². The molecule has 9 heteroatoms. The van der Waals surface area contributed by atoms with Gasteiger partial charge < -0.3 is 9.47 Å². The Balaban J connectivity index is 2.01. The second-order valence-electron chi connectivity index (χ2n) is 5.87. The van der Waals surface area contributed by atoms with Crippen LogP contribution in [0.5, 0.6) is 0 Å². The van der Waals surface area contributed by atoms with E-state index in [1.165, 1.54) is 22.5 Å². The van der Waals surface area contributed by atoms with Crippen LogP contribution in [0, 0.1) is 0 Å². The summed E-state index contributed by atoms with van der Waals surface area (Å²) >= 11 is 6.04. The van der Waals surface area contributed by atoms with Gasteiger partial charge in [-0.15, -0.1) is 0 Å². The van der Waals surface area contributed by atoms with Crippen molar-refractivity contribution in [1.82, 2.24) is 4.31 Å². The molecule has 0 spiro atoms. The lowest BCUT2D eigenvalue weighted by Crippen LogP contribution is -2.30. The number of hydrogen-bond donors (Lipinski definition) is 0. The van der Waals surface area contributed by atoms with Crippen LogP contribution in [-0.2, 0) is 19.5 Å². The van der Waals surface area contributed by atoms with Crippen LogP contribution >= 0.6 is 11.6 Å². The number of rotatable bonds is 9. The quantitative estimate of drug-likeness (QED) is 0.439. The van der Waals surface area contributed by atoms with Gasteiger partial charge in [0.25, 0.3) is 0 Å². The lowest BCUT2D eigenvalue weighted by Gasteiger charge is -2.19. The van der Waals surface area contributed by atoms with Crippen LogP contribution < -0.4 is 0 Å². The van der Waals surface area contributed by atoms with Gasteiger partial charge in [0, 0.05) is 13.1 Å². The first kappa shape index (κ1) is 22.9. The topological polar surface area (TPSA) is 90.0 Å². The third-order valence-corrected chi connectivity index (χ3v) is 6.44. The second kappa shape index (κ2) is 10.4. The van der Waals surface area contributed by atoms with Gasteiger partial charge in [-0.25, -0.2) is 18.0 Å². The second-order valence-corrected chi connectivity index (χ2v) is 8.21. The standard InChI is InChI=1S/C20H22ClNO6S/c1-3-22(4-2)29(25,26)16-10-11-18(21)17(14-16)20(24)28-13-12-27-19(23)15-8-6-5-7-9-15/h5-11,14H,3-4,12-13H2,1-2H3. The van der Waals surface area contributed by atoms with Gasteiger partial charge in [0.2, 0.25) is 10.0 Å². The van der Waals surface area contributed by atoms with Gasteiger partial charge in [0.05, 0.1) is 21.0 Å². The molecule has 0 N–H and O–H groups in total. The highest BCUT2D eigenvalue weighted by Crippen LogP contribution is 2.23. The molecule has 0 aliphatic rings. The first-order chi connectivity index (χ1) is 13.8. The van der Waals surface area contributed by atoms with E-state index in [9.17, 15) is 18.0 Å². The molecule has 0 radical (unpaired) electrons. The van der Waals surface area contributed by atoms with Gasteiger partial charge in [-0.05, 0) is 30.3 Å². The summed E-state index contributed by atoms with van der Waals surface area (Å²) < 4.78 is 36.6. The maximum Gasteiger partial charge on any atom is 0.339 e. The fourth-order valence-electron chi connectivity index (χ4n) is 2.54. The van der Waals surface area contributed by atoms with Crippen LogP contribution in [0.2, 0.25) is 5.02 Å². The zero-order chi connectivity index (χ0) is 21.4. The van der Waals surface area contributed by atoms with Crippen molar-refractivity contribution >= 4 is 33.6 Å². The molecule has 0 heterocycles. The number of halogens is 1. The van der Waals surface area contributed by atoms with Crippen molar-refractivity contribution in [3.8, 4) is 0 Å². The number of ether oxygens (including phenoxy) is 2. The van der Waals surface area contributed by atoms with E-state index in [1.807, 2.05) is 0 Å². The predicted octanol–water partition coefficient (Wildman–Crippen LogP) is 3.38. The van der Waals surface area contributed by atoms with E-state index < -0.39 is 22.0 Å². The molecular formula is C20H22ClNO6S. The molecule has 0 aliphatic heterocycles. The molecule has 2 aromatic rings. The SMILES string of the molecule is CCN(CC)S(=O)(=O)c1ccc(Cl)c(C(=O)OCCOC(=O)c2ccccc2)c1. The minimum Gasteiger partial charge on any atom is -0.458 e. The van der Waals surface area contributed by atoms with E-state index in [4.69, 9.17) is 21.1 Å². The Kier molecular flexibility index (Phi) is 8.19. The number of carbonyl (C=O) groups is 2. The summed E-state index contributed by atoms with van der Waals surface area (Å²) in [5, 5.41) is 0.0646. The lowest BCUT2D eigenvalue weighted by atomic mass is 10.2. The zero-order valence-electron chi connectivity index (χ0n) is 16.1. The first-order valence-corrected chi connectivity index (χ1v) is 10.8. The number of hydrogen-bond acceptors (Lipinski definition) is 6. The van der Waals surface area contributed by atoms with Crippen LogP contribution in [0.4, 0.5) is 0 Å². The molecule has 29 heavy (non-hydrogen) atoms. The Morgan fingerprint density at radius 3 is 2.10 bits per heavy atom. The molecule has 7 nitrogen and oxygen atoms in total. The summed E-state index contributed by atoms with van der Waals surface area (Å²) in [7, 11) is -3.74. The molecule has 0 saturated heterocycles. The molecule has 0 unspecified atom stereocenters. The lowest BCUT2D eigenvalue weighted by molar-refractivity contribution is 0.0265. The van der Waals surface area contributed by atoms with Crippen LogP contribution in [0.15, 0.2) is 53.4 Å². The van der Waals surface area contributed by atoms with Crippen LogP contribution in [0.1, 0.15) is 34.6 Å². The van der Waals surface area contributed by atoms with Gasteiger partial charge in [-0.1, -0.05) is 43.6 Å². The maximum atomic E-state index is 12.6. The summed E-state index contributed by atoms with van der Waals surface area (Å²) in [5.74, 6) is -1.34. The molecule has 0 atom stereocenters. The average molecular weight is 440 g/mol. The van der Waals surface area contributed by atoms with Gasteiger partial charge in [-0.2, -0.15) is 4.31 Å². The molecule has 156 valence electrons. The van der Waals surface area contributed by atoms with Crippen molar-refractivity contribution in [3.63, 3.8) is 0 Å². The molecule has 2 aromatic carbocycles. The fourth-order valence-corrected chi connectivity index (χ4v) is 4.22. The zero-order valence-corrected chi connectivity index (χ0v) is 17.7. The van der Waals surface area contributed by atoms with E-state index in [-0.39, 0.29) is 28.7 Å². The molecule has 0 saturated carbocycles. The highest BCUT2D eigenvalue weighted by Gasteiger charge is 2.24. The fraction of sp³-hybridized carbons (Fsp3) is 0.300. The Morgan fingerprint density at radius 1 is 0.931 bits per heavy atom. The summed E-state index contributed by atoms with van der Waals surface area (Å²) in [6.07, 6.45) is 0. The normalized spacial score (nSPS) is 11.3. The molecule has 0 aliphatic carbocycles. The monoisotopic (exact) mass is 439 g/mol. The Labute approximate surface area is 175 Å². The van der Waals surface area contributed by atoms with E-state index in [2.05, 4.69) is 0 Å². The Hall–Kier alpha value is -2.42. The highest BCUT2D eigenvalue weighted by atomic mass is 35.5. The number of carbonyl (C=O) groups excluding carboxylic acids is 2. The number of sulfonamides is 1. The largest absolute Gasteiger partial charge is 0.458 e. The smallest absolute Gasteiger partial charge is 0.339 e. The van der Waals surface area contributed by atoms with E-state index in [1.54, 1.807) is 44.2 Å². The maximum absolute atomic E-state index is 12.6. The molecule has 0 bridgehead atoms. The number of nitrogens with zero attached hydrogens (tertiary/aromatic N) is 1. The molecule has 0 fully saturated rings. The van der Waals surface area contributed by atoms with Crippen LogP contribution in [0.3, 0.4) is 0 Å². The number of esters is 2.